The molecule has 18 heavy (non-hydrogen) atoms. The second-order valence-corrected chi connectivity index (χ2v) is 5.09. The van der Waals surface area contributed by atoms with Crippen molar-refractivity contribution in [1.29, 1.82) is 0 Å². The smallest absolute Gasteiger partial charge is 0.317 e. The monoisotopic (exact) mass is 250 g/mol. The van der Waals surface area contributed by atoms with Crippen molar-refractivity contribution in [2.45, 2.75) is 46.6 Å². The van der Waals surface area contributed by atoms with E-state index in [9.17, 15) is 4.79 Å². The van der Waals surface area contributed by atoms with E-state index in [0.717, 1.165) is 29.7 Å². The van der Waals surface area contributed by atoms with Gasteiger partial charge in [-0.3, -0.25) is 4.84 Å². The number of hydrogen-bond donors (Lipinski definition) is 1. The van der Waals surface area contributed by atoms with E-state index in [4.69, 9.17) is 4.84 Å². The van der Waals surface area contributed by atoms with Gasteiger partial charge in [-0.05, 0) is 45.6 Å². The molecule has 1 N–H and O–H groups in total. The average molecular weight is 250 g/mol. The molecule has 0 spiro atoms. The number of carbonyl (C=O) groups excluding carboxylic acids is 1. The quantitative estimate of drug-likeness (QED) is 0.474. The summed E-state index contributed by atoms with van der Waals surface area (Å²) in [6, 6.07) is 0.0452. The minimum atomic E-state index is -0.511. The molecule has 0 aliphatic heterocycles. The number of oxime groups is 1. The molecule has 1 aliphatic rings. The minimum Gasteiger partial charge on any atom is -0.317 e. The Morgan fingerprint density at radius 2 is 2.28 bits per heavy atom. The molecule has 0 aromatic rings. The largest absolute Gasteiger partial charge is 0.433 e. The van der Waals surface area contributed by atoms with Gasteiger partial charge in [-0.2, -0.15) is 0 Å². The summed E-state index contributed by atoms with van der Waals surface area (Å²) in [6.07, 6.45) is 3.37. The Morgan fingerprint density at radius 3 is 2.83 bits per heavy atom. The van der Waals surface area contributed by atoms with Gasteiger partial charge in [0.25, 0.3) is 0 Å². The molecule has 0 saturated heterocycles. The van der Waals surface area contributed by atoms with Crippen molar-refractivity contribution in [3.63, 3.8) is 0 Å². The summed E-state index contributed by atoms with van der Waals surface area (Å²) in [5, 5.41) is 6.57. The summed E-state index contributed by atoms with van der Waals surface area (Å²) in [5.41, 5.74) is 3.04. The number of hydrogen-bond acceptors (Lipinski definition) is 3. The second kappa shape index (κ2) is 6.38. The van der Waals surface area contributed by atoms with Crippen molar-refractivity contribution >= 4 is 11.8 Å². The number of nitrogens with one attached hydrogen (secondary N) is 1. The zero-order valence-electron chi connectivity index (χ0n) is 11.6. The van der Waals surface area contributed by atoms with Crippen LogP contribution < -0.4 is 5.32 Å². The third kappa shape index (κ3) is 4.35. The van der Waals surface area contributed by atoms with Gasteiger partial charge < -0.3 is 5.32 Å². The van der Waals surface area contributed by atoms with Crippen LogP contribution in [0.3, 0.4) is 0 Å². The van der Waals surface area contributed by atoms with Crippen LogP contribution in [-0.4, -0.2) is 17.8 Å². The zero-order valence-corrected chi connectivity index (χ0v) is 11.6. The van der Waals surface area contributed by atoms with Crippen molar-refractivity contribution in [2.24, 2.45) is 11.1 Å². The first kappa shape index (κ1) is 14.5. The highest BCUT2D eigenvalue weighted by atomic mass is 16.7. The van der Waals surface area contributed by atoms with E-state index in [1.165, 1.54) is 0 Å². The summed E-state index contributed by atoms with van der Waals surface area (Å²) in [7, 11) is 0. The highest BCUT2D eigenvalue weighted by Crippen LogP contribution is 2.26. The molecule has 4 heteroatoms. The van der Waals surface area contributed by atoms with Gasteiger partial charge >= 0.3 is 6.09 Å². The molecule has 0 aromatic heterocycles. The van der Waals surface area contributed by atoms with Gasteiger partial charge in [-0.1, -0.05) is 23.4 Å². The fraction of sp³-hybridized carbons (Fsp3) is 0.571. The Hall–Kier alpha value is -1.58. The minimum absolute atomic E-state index is 0.0452. The normalized spacial score (nSPS) is 21.7. The lowest BCUT2D eigenvalue weighted by Crippen LogP contribution is -2.30. The molecule has 1 atom stereocenters. The lowest BCUT2D eigenvalue weighted by molar-refractivity contribution is 0.147. The van der Waals surface area contributed by atoms with Gasteiger partial charge in [0.2, 0.25) is 0 Å². The average Bonchev–Trinajstić information content (AvgIpc) is 2.26. The third-order valence-electron chi connectivity index (χ3n) is 2.95. The molecule has 0 saturated carbocycles. The highest BCUT2D eigenvalue weighted by Gasteiger charge is 2.19. The first-order chi connectivity index (χ1) is 8.40. The first-order valence-corrected chi connectivity index (χ1v) is 6.27. The van der Waals surface area contributed by atoms with Crippen LogP contribution >= 0.6 is 0 Å². The molecule has 0 aromatic carbocycles. The summed E-state index contributed by atoms with van der Waals surface area (Å²) >= 11 is 0. The van der Waals surface area contributed by atoms with Crippen LogP contribution in [0.25, 0.3) is 0 Å². The van der Waals surface area contributed by atoms with Gasteiger partial charge in [-0.25, -0.2) is 4.79 Å². The highest BCUT2D eigenvalue weighted by molar-refractivity contribution is 6.00. The lowest BCUT2D eigenvalue weighted by atomic mass is 9.85. The van der Waals surface area contributed by atoms with Crippen molar-refractivity contribution in [1.82, 2.24) is 5.32 Å². The molecule has 0 bridgehead atoms. The number of rotatable bonds is 3. The maximum atomic E-state index is 11.3. The Bertz CT molecular complexity index is 395. The van der Waals surface area contributed by atoms with Crippen LogP contribution in [0, 0.1) is 5.92 Å². The van der Waals surface area contributed by atoms with Crippen LogP contribution in [0.1, 0.15) is 40.5 Å². The van der Waals surface area contributed by atoms with Crippen LogP contribution in [0.4, 0.5) is 4.79 Å². The Kier molecular flexibility index (Phi) is 5.13. The first-order valence-electron chi connectivity index (χ1n) is 6.27. The van der Waals surface area contributed by atoms with Gasteiger partial charge in [0, 0.05) is 12.5 Å². The van der Waals surface area contributed by atoms with Crippen molar-refractivity contribution in [3.05, 3.63) is 23.8 Å². The SMILES string of the molecule is C=C(C)C1CC=C(C)/C(=N/OC(=O)NC(C)C)C1. The number of allylic oxidation sites excluding steroid dienone is 3. The molecule has 1 rings (SSSR count). The Labute approximate surface area is 109 Å². The Morgan fingerprint density at radius 1 is 1.61 bits per heavy atom. The molecule has 100 valence electrons. The molecule has 0 radical (unpaired) electrons. The Balaban J connectivity index is 2.64. The number of amides is 1. The van der Waals surface area contributed by atoms with E-state index in [1.54, 1.807) is 0 Å². The summed E-state index contributed by atoms with van der Waals surface area (Å²) in [5.74, 6) is 0.393. The standard InChI is InChI=1S/C14H22N2O2/c1-9(2)12-7-6-11(5)13(8-12)16-18-14(17)15-10(3)4/h6,10,12H,1,7-8H2,2-5H3,(H,15,17)/b16-13+. The van der Waals surface area contributed by atoms with Gasteiger partial charge in [0.15, 0.2) is 0 Å². The molecule has 0 fully saturated rings. The summed E-state index contributed by atoms with van der Waals surface area (Å²) in [6.45, 7) is 11.7. The zero-order chi connectivity index (χ0) is 13.7. The van der Waals surface area contributed by atoms with Crippen LogP contribution in [0.5, 0.6) is 0 Å². The molecule has 0 heterocycles. The topological polar surface area (TPSA) is 50.7 Å². The maximum absolute atomic E-state index is 11.3. The maximum Gasteiger partial charge on any atom is 0.433 e. The predicted molar refractivity (Wildman–Crippen MR) is 73.5 cm³/mol. The fourth-order valence-corrected chi connectivity index (χ4v) is 1.76. The van der Waals surface area contributed by atoms with Gasteiger partial charge in [0.05, 0.1) is 5.71 Å². The van der Waals surface area contributed by atoms with Gasteiger partial charge in [-0.15, -0.1) is 0 Å². The predicted octanol–water partition coefficient (Wildman–Crippen LogP) is 3.41. The number of nitrogens with zero attached hydrogens (tertiary/aromatic N) is 1. The molecular formula is C14H22N2O2. The van der Waals surface area contributed by atoms with E-state index in [2.05, 4.69) is 23.1 Å². The van der Waals surface area contributed by atoms with E-state index in [0.29, 0.717) is 5.92 Å². The second-order valence-electron chi connectivity index (χ2n) is 5.09. The fourth-order valence-electron chi connectivity index (χ4n) is 1.76. The number of carbonyl (C=O) groups is 1. The summed E-state index contributed by atoms with van der Waals surface area (Å²) < 4.78 is 0. The van der Waals surface area contributed by atoms with E-state index >= 15 is 0 Å². The van der Waals surface area contributed by atoms with Crippen molar-refractivity contribution < 1.29 is 9.63 Å². The van der Waals surface area contributed by atoms with Gasteiger partial charge in [0.1, 0.15) is 0 Å². The molecule has 4 nitrogen and oxygen atoms in total. The van der Waals surface area contributed by atoms with Crippen LogP contribution in [0.2, 0.25) is 0 Å². The van der Waals surface area contributed by atoms with E-state index < -0.39 is 6.09 Å². The van der Waals surface area contributed by atoms with Crippen LogP contribution in [-0.2, 0) is 4.84 Å². The lowest BCUT2D eigenvalue weighted by Gasteiger charge is -2.21. The molecule has 1 aliphatic carbocycles. The summed E-state index contributed by atoms with van der Waals surface area (Å²) in [4.78, 5) is 16.2. The van der Waals surface area contributed by atoms with E-state index in [-0.39, 0.29) is 6.04 Å². The van der Waals surface area contributed by atoms with E-state index in [1.807, 2.05) is 27.7 Å². The van der Waals surface area contributed by atoms with Crippen molar-refractivity contribution in [3.8, 4) is 0 Å². The molecule has 1 unspecified atom stereocenters. The third-order valence-corrected chi connectivity index (χ3v) is 2.95. The van der Waals surface area contributed by atoms with Crippen LogP contribution in [0.15, 0.2) is 29.0 Å². The molecule has 1 amide bonds. The molecular weight excluding hydrogens is 228 g/mol. The van der Waals surface area contributed by atoms with Crippen molar-refractivity contribution in [2.75, 3.05) is 0 Å².